The monoisotopic (exact) mass is 311 g/mol. The molecule has 0 unspecified atom stereocenters. The van der Waals surface area contributed by atoms with Crippen molar-refractivity contribution < 1.29 is 8.42 Å². The topological polar surface area (TPSA) is 69.6 Å². The van der Waals surface area contributed by atoms with Gasteiger partial charge in [0.25, 0.3) is 0 Å². The van der Waals surface area contributed by atoms with Crippen LogP contribution in [0.5, 0.6) is 0 Å². The van der Waals surface area contributed by atoms with Gasteiger partial charge >= 0.3 is 0 Å². The summed E-state index contributed by atoms with van der Waals surface area (Å²) in [5.74, 6) is 1.76. The normalized spacial score (nSPS) is 21.0. The van der Waals surface area contributed by atoms with Crippen molar-refractivity contribution in [3.05, 3.63) is 12.1 Å². The molecule has 1 aromatic rings. The van der Waals surface area contributed by atoms with Gasteiger partial charge in [-0.15, -0.1) is 10.2 Å². The lowest BCUT2D eigenvalue weighted by molar-refractivity contribution is 0.386. The minimum Gasteiger partial charge on any atom is -0.355 e. The average molecular weight is 311 g/mol. The van der Waals surface area contributed by atoms with Gasteiger partial charge in [-0.1, -0.05) is 0 Å². The van der Waals surface area contributed by atoms with E-state index in [1.807, 2.05) is 12.1 Å². The number of rotatable bonds is 3. The Hall–Kier alpha value is -1.41. The van der Waals surface area contributed by atoms with Crippen molar-refractivity contribution in [1.29, 1.82) is 0 Å². The van der Waals surface area contributed by atoms with Crippen molar-refractivity contribution in [2.75, 3.05) is 55.3 Å². The predicted molar refractivity (Wildman–Crippen MR) is 82.1 cm³/mol. The largest absolute Gasteiger partial charge is 0.355 e. The molecule has 0 spiro atoms. The van der Waals surface area contributed by atoms with E-state index < -0.39 is 10.0 Å². The molecule has 0 radical (unpaired) electrons. The third-order valence-corrected chi connectivity index (χ3v) is 5.40. The molecule has 2 aliphatic heterocycles. The van der Waals surface area contributed by atoms with Crippen molar-refractivity contribution in [1.82, 2.24) is 14.5 Å². The number of hydrogen-bond acceptors (Lipinski definition) is 6. The highest BCUT2D eigenvalue weighted by atomic mass is 32.2. The maximum absolute atomic E-state index is 11.5. The molecule has 3 rings (SSSR count). The molecule has 0 bridgehead atoms. The number of anilines is 2. The maximum atomic E-state index is 11.5. The summed E-state index contributed by atoms with van der Waals surface area (Å²) in [4.78, 5) is 4.33. The molecule has 2 aliphatic rings. The summed E-state index contributed by atoms with van der Waals surface area (Å²) < 4.78 is 24.5. The Kier molecular flexibility index (Phi) is 3.99. The Morgan fingerprint density at radius 2 is 1.33 bits per heavy atom. The molecule has 116 valence electrons. The molecule has 0 amide bonds. The number of hydrogen-bond donors (Lipinski definition) is 0. The van der Waals surface area contributed by atoms with Crippen LogP contribution < -0.4 is 9.80 Å². The zero-order chi connectivity index (χ0) is 14.9. The van der Waals surface area contributed by atoms with Crippen molar-refractivity contribution in [3.8, 4) is 0 Å². The molecule has 3 heterocycles. The lowest BCUT2D eigenvalue weighted by atomic mass is 10.3. The fourth-order valence-corrected chi connectivity index (χ4v) is 3.68. The van der Waals surface area contributed by atoms with Gasteiger partial charge in [0.1, 0.15) is 0 Å². The van der Waals surface area contributed by atoms with E-state index in [1.54, 1.807) is 0 Å². The molecule has 8 heteroatoms. The molecule has 0 saturated carbocycles. The SMILES string of the molecule is CS(=O)(=O)N1CCN(c2ccc(N3CCCC3)nn2)CC1. The first-order valence-corrected chi connectivity index (χ1v) is 9.17. The Bertz CT molecular complexity index is 575. The lowest BCUT2D eigenvalue weighted by Crippen LogP contribution is -2.48. The van der Waals surface area contributed by atoms with E-state index in [0.717, 1.165) is 24.7 Å². The Labute approximate surface area is 125 Å². The van der Waals surface area contributed by atoms with Gasteiger partial charge < -0.3 is 9.80 Å². The van der Waals surface area contributed by atoms with E-state index in [0.29, 0.717) is 26.2 Å². The minimum atomic E-state index is -3.09. The molecule has 21 heavy (non-hydrogen) atoms. The standard InChI is InChI=1S/C13H21N5O2S/c1-21(19,20)18-10-8-17(9-11-18)13-5-4-12(14-15-13)16-6-2-3-7-16/h4-5H,2-3,6-11H2,1H3. The smallest absolute Gasteiger partial charge is 0.211 e. The lowest BCUT2D eigenvalue weighted by Gasteiger charge is -2.33. The first-order chi connectivity index (χ1) is 10.0. The average Bonchev–Trinajstić information content (AvgIpc) is 3.01. The predicted octanol–water partition coefficient (Wildman–Crippen LogP) is 0.158. The number of piperazine rings is 1. The number of sulfonamides is 1. The second-order valence-electron chi connectivity index (χ2n) is 5.59. The van der Waals surface area contributed by atoms with E-state index in [1.165, 1.54) is 23.4 Å². The van der Waals surface area contributed by atoms with E-state index in [4.69, 9.17) is 0 Å². The quantitative estimate of drug-likeness (QED) is 0.792. The van der Waals surface area contributed by atoms with Crippen LogP contribution in [0, 0.1) is 0 Å². The van der Waals surface area contributed by atoms with Crippen LogP contribution in [0.4, 0.5) is 11.6 Å². The molecule has 0 atom stereocenters. The zero-order valence-electron chi connectivity index (χ0n) is 12.3. The van der Waals surface area contributed by atoms with Crippen LogP contribution in [0.25, 0.3) is 0 Å². The van der Waals surface area contributed by atoms with Crippen molar-refractivity contribution in [3.63, 3.8) is 0 Å². The fourth-order valence-electron chi connectivity index (χ4n) is 2.85. The maximum Gasteiger partial charge on any atom is 0.211 e. The molecule has 7 nitrogen and oxygen atoms in total. The molecule has 2 fully saturated rings. The summed E-state index contributed by atoms with van der Waals surface area (Å²) in [5, 5.41) is 8.61. The summed E-state index contributed by atoms with van der Waals surface area (Å²) >= 11 is 0. The molecule has 1 aromatic heterocycles. The van der Waals surface area contributed by atoms with Gasteiger partial charge in [-0.3, -0.25) is 0 Å². The van der Waals surface area contributed by atoms with Gasteiger partial charge in [0.15, 0.2) is 11.6 Å². The number of nitrogens with zero attached hydrogens (tertiary/aromatic N) is 5. The van der Waals surface area contributed by atoms with Crippen LogP contribution in [0.2, 0.25) is 0 Å². The van der Waals surface area contributed by atoms with E-state index in [2.05, 4.69) is 20.0 Å². The van der Waals surface area contributed by atoms with Crippen LogP contribution in [-0.2, 0) is 10.0 Å². The van der Waals surface area contributed by atoms with Gasteiger partial charge in [-0.2, -0.15) is 4.31 Å². The third-order valence-electron chi connectivity index (χ3n) is 4.10. The van der Waals surface area contributed by atoms with Crippen LogP contribution in [0.1, 0.15) is 12.8 Å². The second kappa shape index (κ2) is 5.76. The van der Waals surface area contributed by atoms with E-state index >= 15 is 0 Å². The van der Waals surface area contributed by atoms with Crippen LogP contribution in [0.3, 0.4) is 0 Å². The molecular weight excluding hydrogens is 290 g/mol. The highest BCUT2D eigenvalue weighted by Crippen LogP contribution is 2.20. The van der Waals surface area contributed by atoms with Gasteiger partial charge in [-0.05, 0) is 25.0 Å². The number of aromatic nitrogens is 2. The third kappa shape index (κ3) is 3.26. The molecular formula is C13H21N5O2S. The van der Waals surface area contributed by atoms with Crippen LogP contribution in [-0.4, -0.2) is 68.4 Å². The summed E-state index contributed by atoms with van der Waals surface area (Å²) in [6, 6.07) is 3.99. The van der Waals surface area contributed by atoms with E-state index in [-0.39, 0.29) is 0 Å². The van der Waals surface area contributed by atoms with Gasteiger partial charge in [0.05, 0.1) is 6.26 Å². The Balaban J connectivity index is 1.63. The second-order valence-corrected chi connectivity index (χ2v) is 7.58. The van der Waals surface area contributed by atoms with Crippen LogP contribution >= 0.6 is 0 Å². The summed E-state index contributed by atoms with van der Waals surface area (Å²) in [6.07, 6.45) is 3.70. The minimum absolute atomic E-state index is 0.508. The first-order valence-electron chi connectivity index (χ1n) is 7.33. The van der Waals surface area contributed by atoms with E-state index in [9.17, 15) is 8.42 Å². The zero-order valence-corrected chi connectivity index (χ0v) is 13.1. The summed E-state index contributed by atoms with van der Waals surface area (Å²) in [6.45, 7) is 4.44. The molecule has 0 aliphatic carbocycles. The Morgan fingerprint density at radius 3 is 1.76 bits per heavy atom. The fraction of sp³-hybridized carbons (Fsp3) is 0.692. The molecule has 0 N–H and O–H groups in total. The summed E-state index contributed by atoms with van der Waals surface area (Å²) in [5.41, 5.74) is 0. The highest BCUT2D eigenvalue weighted by molar-refractivity contribution is 7.88. The Morgan fingerprint density at radius 1 is 0.857 bits per heavy atom. The molecule has 0 aromatic carbocycles. The van der Waals surface area contributed by atoms with Crippen molar-refractivity contribution in [2.45, 2.75) is 12.8 Å². The van der Waals surface area contributed by atoms with Crippen LogP contribution in [0.15, 0.2) is 12.1 Å². The van der Waals surface area contributed by atoms with Gasteiger partial charge in [0.2, 0.25) is 10.0 Å². The van der Waals surface area contributed by atoms with Crippen molar-refractivity contribution in [2.24, 2.45) is 0 Å². The van der Waals surface area contributed by atoms with Gasteiger partial charge in [0, 0.05) is 39.3 Å². The van der Waals surface area contributed by atoms with Crippen molar-refractivity contribution >= 4 is 21.7 Å². The highest BCUT2D eigenvalue weighted by Gasteiger charge is 2.24. The summed E-state index contributed by atoms with van der Waals surface area (Å²) in [7, 11) is -3.09. The first kappa shape index (κ1) is 14.5. The van der Waals surface area contributed by atoms with Gasteiger partial charge in [-0.25, -0.2) is 8.42 Å². The molecule has 2 saturated heterocycles.